The van der Waals surface area contributed by atoms with Gasteiger partial charge in [0, 0.05) is 17.1 Å². The van der Waals surface area contributed by atoms with E-state index in [0.717, 1.165) is 17.0 Å². The summed E-state index contributed by atoms with van der Waals surface area (Å²) in [4.78, 5) is 30.9. The molecule has 0 aliphatic carbocycles. The summed E-state index contributed by atoms with van der Waals surface area (Å²) in [7, 11) is 0. The lowest BCUT2D eigenvalue weighted by molar-refractivity contribution is -0.120. The van der Waals surface area contributed by atoms with Crippen LogP contribution in [-0.4, -0.2) is 18.4 Å². The number of rotatable bonds is 3. The van der Waals surface area contributed by atoms with E-state index < -0.39 is 0 Å². The third-order valence-corrected chi connectivity index (χ3v) is 6.13. The second-order valence-corrected chi connectivity index (χ2v) is 7.78. The smallest absolute Gasteiger partial charge is 0.282 e. The van der Waals surface area contributed by atoms with Crippen LogP contribution in [0.25, 0.3) is 5.57 Å². The van der Waals surface area contributed by atoms with Crippen molar-refractivity contribution in [1.29, 1.82) is 5.26 Å². The zero-order valence-electron chi connectivity index (χ0n) is 15.3. The van der Waals surface area contributed by atoms with Crippen LogP contribution < -0.4 is 9.80 Å². The number of anilines is 2. The molecule has 1 aromatic heterocycles. The molecule has 0 saturated carbocycles. The topological polar surface area (TPSA) is 64.4 Å². The number of para-hydroxylation sites is 1. The van der Waals surface area contributed by atoms with Crippen molar-refractivity contribution in [2.24, 2.45) is 0 Å². The molecule has 3 heterocycles. The number of hydrogen-bond donors (Lipinski definition) is 0. The van der Waals surface area contributed by atoms with Gasteiger partial charge in [0.2, 0.25) is 0 Å². The Hall–Kier alpha value is -3.69. The summed E-state index contributed by atoms with van der Waals surface area (Å²) < 4.78 is 0. The van der Waals surface area contributed by atoms with E-state index in [1.807, 2.05) is 40.6 Å². The van der Waals surface area contributed by atoms with Crippen LogP contribution in [0, 0.1) is 11.3 Å². The van der Waals surface area contributed by atoms with E-state index in [2.05, 4.69) is 12.1 Å². The molecule has 29 heavy (non-hydrogen) atoms. The highest BCUT2D eigenvalue weighted by Crippen LogP contribution is 2.40. The van der Waals surface area contributed by atoms with Gasteiger partial charge in [-0.25, -0.2) is 4.90 Å². The average Bonchev–Trinajstić information content (AvgIpc) is 3.46. The number of thiophene rings is 1. The number of nitriles is 1. The minimum atomic E-state index is -0.334. The monoisotopic (exact) mass is 397 g/mol. The fourth-order valence-electron chi connectivity index (χ4n) is 3.90. The molecule has 0 fully saturated rings. The van der Waals surface area contributed by atoms with E-state index in [-0.39, 0.29) is 11.8 Å². The zero-order chi connectivity index (χ0) is 20.0. The van der Waals surface area contributed by atoms with Crippen LogP contribution in [0.15, 0.2) is 71.7 Å². The molecule has 2 amide bonds. The molecule has 2 aromatic carbocycles. The zero-order valence-corrected chi connectivity index (χ0v) is 16.1. The van der Waals surface area contributed by atoms with Crippen LogP contribution in [0.4, 0.5) is 11.4 Å². The van der Waals surface area contributed by atoms with Crippen molar-refractivity contribution < 1.29 is 9.59 Å². The lowest BCUT2D eigenvalue weighted by atomic mass is 10.1. The number of amides is 2. The van der Waals surface area contributed by atoms with Crippen molar-refractivity contribution in [1.82, 2.24) is 0 Å². The van der Waals surface area contributed by atoms with Gasteiger partial charge in [-0.05, 0) is 53.8 Å². The van der Waals surface area contributed by atoms with E-state index in [0.29, 0.717) is 29.1 Å². The molecule has 0 radical (unpaired) electrons. The first kappa shape index (κ1) is 17.4. The van der Waals surface area contributed by atoms with Crippen LogP contribution >= 0.6 is 11.3 Å². The first-order valence-corrected chi connectivity index (χ1v) is 10.1. The fourth-order valence-corrected chi connectivity index (χ4v) is 4.66. The Balaban J connectivity index is 1.65. The molecule has 2 aliphatic rings. The lowest BCUT2D eigenvalue weighted by Crippen LogP contribution is -2.34. The number of fused-ring (bicyclic) bond motifs is 1. The van der Waals surface area contributed by atoms with Crippen molar-refractivity contribution in [3.05, 3.63) is 87.7 Å². The van der Waals surface area contributed by atoms with Gasteiger partial charge < -0.3 is 4.90 Å². The van der Waals surface area contributed by atoms with Crippen molar-refractivity contribution in [2.45, 2.75) is 6.42 Å². The Morgan fingerprint density at radius 1 is 0.931 bits per heavy atom. The summed E-state index contributed by atoms with van der Waals surface area (Å²) in [6.07, 6.45) is 0.829. The molecule has 0 spiro atoms. The maximum Gasteiger partial charge on any atom is 0.282 e. The highest BCUT2D eigenvalue weighted by molar-refractivity contribution is 7.11. The molecular formula is C23H15N3O2S. The quantitative estimate of drug-likeness (QED) is 0.628. The first-order valence-electron chi connectivity index (χ1n) is 9.21. The molecular weight excluding hydrogens is 382 g/mol. The second-order valence-electron chi connectivity index (χ2n) is 6.84. The van der Waals surface area contributed by atoms with Gasteiger partial charge in [0.1, 0.15) is 5.70 Å². The number of imide groups is 1. The standard InChI is InChI=1S/C23H15N3O2S/c24-14-15-7-9-17(10-8-15)26-22(27)20(19-6-3-13-29-19)21(23(26)28)25-12-11-16-4-1-2-5-18(16)25/h1-10,13H,11-12H2. The Morgan fingerprint density at radius 3 is 2.45 bits per heavy atom. The summed E-state index contributed by atoms with van der Waals surface area (Å²) in [5, 5.41) is 10.9. The van der Waals surface area contributed by atoms with Gasteiger partial charge in [0.05, 0.1) is 22.9 Å². The second kappa shape index (κ2) is 6.73. The lowest BCUT2D eigenvalue weighted by Gasteiger charge is -2.21. The Morgan fingerprint density at radius 2 is 1.72 bits per heavy atom. The average molecular weight is 397 g/mol. The normalized spacial score (nSPS) is 15.8. The van der Waals surface area contributed by atoms with Crippen LogP contribution in [0.1, 0.15) is 16.0 Å². The molecule has 0 unspecified atom stereocenters. The van der Waals surface area contributed by atoms with E-state index >= 15 is 0 Å². The number of carbonyl (C=O) groups is 2. The minimum absolute atomic E-state index is 0.332. The van der Waals surface area contributed by atoms with Crippen molar-refractivity contribution in [3.8, 4) is 6.07 Å². The first-order chi connectivity index (χ1) is 14.2. The van der Waals surface area contributed by atoms with Gasteiger partial charge in [-0.15, -0.1) is 11.3 Å². The summed E-state index contributed by atoms with van der Waals surface area (Å²) in [5.41, 5.74) is 3.95. The van der Waals surface area contributed by atoms with Gasteiger partial charge in [-0.2, -0.15) is 5.26 Å². The number of benzene rings is 2. The molecule has 0 bridgehead atoms. The molecule has 5 rings (SSSR count). The van der Waals surface area contributed by atoms with Gasteiger partial charge in [-0.3, -0.25) is 9.59 Å². The SMILES string of the molecule is N#Cc1ccc(N2C(=O)C(c3cccs3)=C(N3CCc4ccccc43)C2=O)cc1. The Labute approximate surface area is 171 Å². The van der Waals surface area contributed by atoms with Crippen molar-refractivity contribution in [3.63, 3.8) is 0 Å². The Bertz CT molecular complexity index is 1200. The van der Waals surface area contributed by atoms with Crippen molar-refractivity contribution >= 4 is 40.1 Å². The third-order valence-electron chi connectivity index (χ3n) is 5.24. The molecule has 5 nitrogen and oxygen atoms in total. The van der Waals surface area contributed by atoms with Gasteiger partial charge >= 0.3 is 0 Å². The van der Waals surface area contributed by atoms with E-state index in [1.54, 1.807) is 24.3 Å². The fraction of sp³-hybridized carbons (Fsp3) is 0.0870. The predicted molar refractivity (Wildman–Crippen MR) is 112 cm³/mol. The van der Waals surface area contributed by atoms with Gasteiger partial charge in [-0.1, -0.05) is 24.3 Å². The summed E-state index contributed by atoms with van der Waals surface area (Å²) in [5.74, 6) is -0.665. The van der Waals surface area contributed by atoms with Crippen molar-refractivity contribution in [2.75, 3.05) is 16.3 Å². The maximum absolute atomic E-state index is 13.5. The summed E-state index contributed by atoms with van der Waals surface area (Å²) >= 11 is 1.45. The van der Waals surface area contributed by atoms with Crippen LogP contribution in [0.5, 0.6) is 0 Å². The molecule has 0 saturated heterocycles. The minimum Gasteiger partial charge on any atom is -0.336 e. The molecule has 6 heteroatoms. The van der Waals surface area contributed by atoms with Gasteiger partial charge in [0.15, 0.2) is 0 Å². The molecule has 0 N–H and O–H groups in total. The molecule has 2 aliphatic heterocycles. The maximum atomic E-state index is 13.5. The van der Waals surface area contributed by atoms with E-state index in [1.165, 1.54) is 21.8 Å². The molecule has 140 valence electrons. The highest BCUT2D eigenvalue weighted by atomic mass is 32.1. The number of carbonyl (C=O) groups excluding carboxylic acids is 2. The predicted octanol–water partition coefficient (Wildman–Crippen LogP) is 3.97. The molecule has 0 atom stereocenters. The van der Waals surface area contributed by atoms with E-state index in [4.69, 9.17) is 5.26 Å². The van der Waals surface area contributed by atoms with Crippen LogP contribution in [-0.2, 0) is 16.0 Å². The number of nitrogens with zero attached hydrogens (tertiary/aromatic N) is 3. The van der Waals surface area contributed by atoms with E-state index in [9.17, 15) is 9.59 Å². The molecule has 3 aromatic rings. The largest absolute Gasteiger partial charge is 0.336 e. The van der Waals surface area contributed by atoms with Gasteiger partial charge in [0.25, 0.3) is 11.8 Å². The summed E-state index contributed by atoms with van der Waals surface area (Å²) in [6, 6.07) is 20.3. The number of hydrogen-bond acceptors (Lipinski definition) is 5. The third kappa shape index (κ3) is 2.67. The van der Waals surface area contributed by atoms with Crippen LogP contribution in [0.3, 0.4) is 0 Å². The highest BCUT2D eigenvalue weighted by Gasteiger charge is 2.44. The summed E-state index contributed by atoms with van der Waals surface area (Å²) in [6.45, 7) is 0.657. The van der Waals surface area contributed by atoms with Crippen LogP contribution in [0.2, 0.25) is 0 Å². The Kier molecular flexibility index (Phi) is 4.04.